The Morgan fingerprint density at radius 3 is 2.59 bits per heavy atom. The van der Waals surface area contributed by atoms with E-state index < -0.39 is 9.84 Å². The van der Waals surface area contributed by atoms with E-state index in [1.54, 1.807) is 50.4 Å². The van der Waals surface area contributed by atoms with Crippen LogP contribution in [0, 0.1) is 12.1 Å². The van der Waals surface area contributed by atoms with Crippen LogP contribution in [0.4, 0.5) is 0 Å². The number of ether oxygens (including phenoxy) is 1. The zero-order valence-electron chi connectivity index (χ0n) is 17.5. The van der Waals surface area contributed by atoms with Gasteiger partial charge in [-0.2, -0.15) is 0 Å². The van der Waals surface area contributed by atoms with Gasteiger partial charge in [0.25, 0.3) is 5.65 Å². The number of fused-ring (bicyclic) bond motifs is 2. The number of sulfone groups is 1. The molecule has 0 amide bonds. The highest BCUT2D eigenvalue weighted by Gasteiger charge is 2.21. The Bertz CT molecular complexity index is 1580. The molecule has 3 heterocycles. The van der Waals surface area contributed by atoms with Gasteiger partial charge >= 0.3 is 0 Å². The Balaban J connectivity index is 1.73. The second-order valence-corrected chi connectivity index (χ2v) is 9.90. The number of H-pyrrole nitrogens is 2. The van der Waals surface area contributed by atoms with Crippen LogP contribution in [0.25, 0.3) is 33.1 Å². The molecule has 0 saturated carbocycles. The SMILES string of the molecule is CCS(=O)(=O)c1ccc(Oc2ccc3[nH]ccc3c2)c(-c2cc(C)[n+]([O-])c3[nH]ccc23)c1. The lowest BCUT2D eigenvalue weighted by atomic mass is 10.0. The number of pyridine rings is 1. The van der Waals surface area contributed by atoms with Crippen LogP contribution in [0.1, 0.15) is 12.6 Å². The molecular weight excluding hydrogens is 426 g/mol. The first-order valence-electron chi connectivity index (χ1n) is 10.2. The van der Waals surface area contributed by atoms with Crippen molar-refractivity contribution in [2.24, 2.45) is 0 Å². The number of aromatic amines is 2. The fourth-order valence-corrected chi connectivity index (χ4v) is 4.79. The summed E-state index contributed by atoms with van der Waals surface area (Å²) in [6.07, 6.45) is 3.55. The fourth-order valence-electron chi connectivity index (χ4n) is 3.88. The van der Waals surface area contributed by atoms with Crippen molar-refractivity contribution in [3.63, 3.8) is 0 Å². The first-order valence-corrected chi connectivity index (χ1v) is 11.8. The van der Waals surface area contributed by atoms with Gasteiger partial charge in [0.1, 0.15) is 17.2 Å². The number of benzene rings is 2. The van der Waals surface area contributed by atoms with Crippen molar-refractivity contribution in [2.45, 2.75) is 18.7 Å². The van der Waals surface area contributed by atoms with Gasteiger partial charge < -0.3 is 14.9 Å². The molecule has 8 heteroatoms. The van der Waals surface area contributed by atoms with Crippen molar-refractivity contribution >= 4 is 31.8 Å². The third-order valence-electron chi connectivity index (χ3n) is 5.62. The van der Waals surface area contributed by atoms with Crippen molar-refractivity contribution in [3.8, 4) is 22.6 Å². The summed E-state index contributed by atoms with van der Waals surface area (Å²) in [4.78, 5) is 6.33. The van der Waals surface area contributed by atoms with E-state index in [2.05, 4.69) is 9.97 Å². The van der Waals surface area contributed by atoms with Gasteiger partial charge in [-0.3, -0.25) is 0 Å². The average Bonchev–Trinajstić information content (AvgIpc) is 3.46. The third-order valence-corrected chi connectivity index (χ3v) is 7.36. The zero-order chi connectivity index (χ0) is 22.5. The van der Waals surface area contributed by atoms with Crippen molar-refractivity contribution in [1.82, 2.24) is 9.97 Å². The summed E-state index contributed by atoms with van der Waals surface area (Å²) in [5, 5.41) is 14.2. The molecule has 0 aliphatic heterocycles. The lowest BCUT2D eigenvalue weighted by Crippen LogP contribution is -2.31. The maximum Gasteiger partial charge on any atom is 0.290 e. The molecule has 2 N–H and O–H groups in total. The predicted molar refractivity (Wildman–Crippen MR) is 124 cm³/mol. The van der Waals surface area contributed by atoms with Crippen LogP contribution < -0.4 is 9.47 Å². The van der Waals surface area contributed by atoms with Crippen LogP contribution in [0.2, 0.25) is 0 Å². The number of rotatable bonds is 5. The Kier molecular flexibility index (Phi) is 4.67. The van der Waals surface area contributed by atoms with E-state index in [4.69, 9.17) is 4.74 Å². The zero-order valence-corrected chi connectivity index (χ0v) is 18.4. The minimum absolute atomic E-state index is 0.00918. The van der Waals surface area contributed by atoms with Crippen molar-refractivity contribution < 1.29 is 17.9 Å². The van der Waals surface area contributed by atoms with Gasteiger partial charge in [-0.05, 0) is 61.5 Å². The summed E-state index contributed by atoms with van der Waals surface area (Å²) in [6, 6.07) is 16.1. The van der Waals surface area contributed by atoms with E-state index >= 15 is 0 Å². The maximum atomic E-state index is 12.6. The Morgan fingerprint density at radius 2 is 1.78 bits per heavy atom. The summed E-state index contributed by atoms with van der Waals surface area (Å²) < 4.78 is 32.3. The van der Waals surface area contributed by atoms with Gasteiger partial charge in [-0.15, -0.1) is 0 Å². The Hall–Kier alpha value is -3.78. The monoisotopic (exact) mass is 447 g/mol. The van der Waals surface area contributed by atoms with Gasteiger partial charge in [0.2, 0.25) is 0 Å². The standard InChI is InChI=1S/C24H21N3O4S/c1-3-32(29,30)18-5-7-23(31-17-4-6-22-16(13-17)8-10-25-22)21(14-18)20-12-15(2)27(28)24-19(20)9-11-26-24/h4-14,25-26H,3H2,1-2H3. The van der Waals surface area contributed by atoms with Crippen LogP contribution in [0.5, 0.6) is 11.5 Å². The van der Waals surface area contributed by atoms with Crippen molar-refractivity contribution in [1.29, 1.82) is 0 Å². The van der Waals surface area contributed by atoms with Gasteiger partial charge in [0, 0.05) is 28.2 Å². The predicted octanol–water partition coefficient (Wildman–Crippen LogP) is 4.84. The van der Waals surface area contributed by atoms with Gasteiger partial charge in [-0.1, -0.05) is 6.92 Å². The average molecular weight is 448 g/mol. The van der Waals surface area contributed by atoms with Crippen LogP contribution >= 0.6 is 0 Å². The summed E-state index contributed by atoms with van der Waals surface area (Å²) in [6.45, 7) is 3.33. The van der Waals surface area contributed by atoms with Crippen LogP contribution in [-0.4, -0.2) is 24.1 Å². The number of aryl methyl sites for hydroxylation is 1. The molecule has 0 unspecified atom stereocenters. The molecule has 2 aromatic carbocycles. The molecule has 0 aliphatic rings. The molecule has 32 heavy (non-hydrogen) atoms. The molecule has 162 valence electrons. The molecule has 5 rings (SSSR count). The van der Waals surface area contributed by atoms with Crippen molar-refractivity contribution in [3.05, 3.63) is 77.9 Å². The molecule has 7 nitrogen and oxygen atoms in total. The van der Waals surface area contributed by atoms with Crippen molar-refractivity contribution in [2.75, 3.05) is 5.75 Å². The molecule has 0 aliphatic carbocycles. The smallest absolute Gasteiger partial charge is 0.290 e. The Morgan fingerprint density at radius 1 is 0.969 bits per heavy atom. The number of hydrogen-bond donors (Lipinski definition) is 2. The number of aromatic nitrogens is 3. The normalized spacial score (nSPS) is 11.9. The molecule has 5 aromatic rings. The van der Waals surface area contributed by atoms with Crippen LogP contribution in [0.15, 0.2) is 71.9 Å². The number of hydrogen-bond acceptors (Lipinski definition) is 4. The second-order valence-electron chi connectivity index (χ2n) is 7.62. The van der Waals surface area contributed by atoms with E-state index in [9.17, 15) is 13.6 Å². The van der Waals surface area contributed by atoms with E-state index in [1.165, 1.54) is 0 Å². The molecular formula is C24H21N3O4S. The third kappa shape index (κ3) is 3.29. The lowest BCUT2D eigenvalue weighted by Gasteiger charge is -2.16. The maximum absolute atomic E-state index is 12.6. The molecule has 0 radical (unpaired) electrons. The molecule has 0 bridgehead atoms. The summed E-state index contributed by atoms with van der Waals surface area (Å²) in [5.74, 6) is 1.12. The largest absolute Gasteiger partial charge is 0.710 e. The molecule has 0 atom stereocenters. The molecule has 0 fully saturated rings. The summed E-state index contributed by atoms with van der Waals surface area (Å²) >= 11 is 0. The first-order chi connectivity index (χ1) is 15.4. The highest BCUT2D eigenvalue weighted by molar-refractivity contribution is 7.91. The molecule has 0 spiro atoms. The van der Waals surface area contributed by atoms with Gasteiger partial charge in [-0.25, -0.2) is 18.1 Å². The van der Waals surface area contributed by atoms with E-state index in [-0.39, 0.29) is 10.6 Å². The second kappa shape index (κ2) is 7.42. The van der Waals surface area contributed by atoms with Gasteiger partial charge in [0.05, 0.1) is 22.2 Å². The van der Waals surface area contributed by atoms with E-state index in [0.29, 0.717) is 33.8 Å². The number of nitrogens with zero attached hydrogens (tertiary/aromatic N) is 1. The first kappa shape index (κ1) is 20.1. The quantitative estimate of drug-likeness (QED) is 0.297. The van der Waals surface area contributed by atoms with E-state index in [1.807, 2.05) is 30.5 Å². The van der Waals surface area contributed by atoms with Crippen LogP contribution in [-0.2, 0) is 9.84 Å². The minimum Gasteiger partial charge on any atom is -0.710 e. The summed E-state index contributed by atoms with van der Waals surface area (Å²) in [5.41, 5.74) is 3.20. The Labute approximate surface area is 184 Å². The fraction of sp³-hybridized carbons (Fsp3) is 0.125. The van der Waals surface area contributed by atoms with Crippen LogP contribution in [0.3, 0.4) is 0 Å². The highest BCUT2D eigenvalue weighted by Crippen LogP contribution is 2.39. The lowest BCUT2D eigenvalue weighted by molar-refractivity contribution is -0.586. The highest BCUT2D eigenvalue weighted by atomic mass is 32.2. The van der Waals surface area contributed by atoms with E-state index in [0.717, 1.165) is 21.2 Å². The topological polar surface area (TPSA) is 102 Å². The minimum atomic E-state index is -3.43. The molecule has 3 aromatic heterocycles. The summed E-state index contributed by atoms with van der Waals surface area (Å²) in [7, 11) is -3.43. The number of nitrogens with one attached hydrogen (secondary N) is 2. The van der Waals surface area contributed by atoms with Gasteiger partial charge in [0.15, 0.2) is 9.84 Å². The molecule has 0 saturated heterocycles.